The van der Waals surface area contributed by atoms with Crippen LogP contribution in [0.4, 0.5) is 5.69 Å². The second-order valence-electron chi connectivity index (χ2n) is 6.64. The number of piperidine rings is 1. The average molecular weight is 390 g/mol. The summed E-state index contributed by atoms with van der Waals surface area (Å²) in [7, 11) is -3.31. The molecule has 144 valence electrons. The van der Waals surface area contributed by atoms with Crippen LogP contribution < -0.4 is 5.32 Å². The molecule has 0 spiro atoms. The molecule has 2 heterocycles. The van der Waals surface area contributed by atoms with Crippen LogP contribution in [0.3, 0.4) is 0 Å². The Balaban J connectivity index is 1.58. The maximum Gasteiger partial charge on any atom is 0.253 e. The number of furan rings is 1. The van der Waals surface area contributed by atoms with E-state index in [0.29, 0.717) is 42.9 Å². The Hall–Kier alpha value is -2.61. The molecule has 1 saturated heterocycles. The predicted octanol–water partition coefficient (Wildman–Crippen LogP) is 2.46. The first-order valence-corrected chi connectivity index (χ1v) is 10.5. The zero-order chi connectivity index (χ0) is 19.4. The molecular weight excluding hydrogens is 368 g/mol. The van der Waals surface area contributed by atoms with Crippen LogP contribution >= 0.6 is 0 Å². The number of rotatable bonds is 5. The number of anilines is 1. The van der Waals surface area contributed by atoms with Crippen LogP contribution in [0.25, 0.3) is 0 Å². The van der Waals surface area contributed by atoms with E-state index in [1.54, 1.807) is 41.3 Å². The maximum atomic E-state index is 12.6. The SMILES string of the molecule is CC(=O)Nc1ccc(C(=O)N2CCC(S(=O)(=O)Cc3ccco3)CC2)cc1. The van der Waals surface area contributed by atoms with Crippen LogP contribution in [0, 0.1) is 0 Å². The Morgan fingerprint density at radius 1 is 1.15 bits per heavy atom. The van der Waals surface area contributed by atoms with E-state index in [9.17, 15) is 18.0 Å². The Labute approximate surface area is 158 Å². The van der Waals surface area contributed by atoms with Gasteiger partial charge in [-0.2, -0.15) is 0 Å². The van der Waals surface area contributed by atoms with Gasteiger partial charge in [-0.15, -0.1) is 0 Å². The fourth-order valence-corrected chi connectivity index (χ4v) is 4.94. The van der Waals surface area contributed by atoms with Crippen molar-refractivity contribution < 1.29 is 22.4 Å². The number of likely N-dealkylation sites (tertiary alicyclic amines) is 1. The molecule has 1 aliphatic heterocycles. The normalized spacial score (nSPS) is 15.5. The average Bonchev–Trinajstić information content (AvgIpc) is 3.14. The summed E-state index contributed by atoms with van der Waals surface area (Å²) >= 11 is 0. The summed E-state index contributed by atoms with van der Waals surface area (Å²) in [5, 5.41) is 2.19. The van der Waals surface area contributed by atoms with E-state index < -0.39 is 15.1 Å². The zero-order valence-electron chi connectivity index (χ0n) is 15.1. The highest BCUT2D eigenvalue weighted by Crippen LogP contribution is 2.23. The minimum Gasteiger partial charge on any atom is -0.468 e. The van der Waals surface area contributed by atoms with E-state index in [1.807, 2.05) is 0 Å². The van der Waals surface area contributed by atoms with Crippen LogP contribution in [0.1, 0.15) is 35.9 Å². The van der Waals surface area contributed by atoms with E-state index in [0.717, 1.165) is 0 Å². The quantitative estimate of drug-likeness (QED) is 0.846. The first kappa shape index (κ1) is 19.2. The smallest absolute Gasteiger partial charge is 0.253 e. The lowest BCUT2D eigenvalue weighted by Gasteiger charge is -2.31. The van der Waals surface area contributed by atoms with Crippen molar-refractivity contribution in [1.82, 2.24) is 4.90 Å². The number of hydrogen-bond acceptors (Lipinski definition) is 5. The largest absolute Gasteiger partial charge is 0.468 e. The first-order chi connectivity index (χ1) is 12.8. The van der Waals surface area contributed by atoms with Crippen molar-refractivity contribution in [2.45, 2.75) is 30.8 Å². The Morgan fingerprint density at radius 3 is 2.37 bits per heavy atom. The summed E-state index contributed by atoms with van der Waals surface area (Å²) in [6, 6.07) is 10.00. The van der Waals surface area contributed by atoms with Crippen molar-refractivity contribution in [3.05, 3.63) is 54.0 Å². The van der Waals surface area contributed by atoms with Crippen LogP contribution in [0.2, 0.25) is 0 Å². The molecule has 2 amide bonds. The number of carbonyl (C=O) groups is 2. The van der Waals surface area contributed by atoms with E-state index in [2.05, 4.69) is 5.32 Å². The third-order valence-corrected chi connectivity index (χ3v) is 6.79. The third-order valence-electron chi connectivity index (χ3n) is 4.61. The number of nitrogens with zero attached hydrogens (tertiary/aromatic N) is 1. The van der Waals surface area contributed by atoms with Gasteiger partial charge in [0.05, 0.1) is 11.5 Å². The zero-order valence-corrected chi connectivity index (χ0v) is 15.9. The molecular formula is C19H22N2O5S. The lowest BCUT2D eigenvalue weighted by Crippen LogP contribution is -2.42. The lowest BCUT2D eigenvalue weighted by molar-refractivity contribution is -0.114. The Bertz CT molecular complexity index is 896. The maximum absolute atomic E-state index is 12.6. The van der Waals surface area contributed by atoms with Gasteiger partial charge >= 0.3 is 0 Å². The van der Waals surface area contributed by atoms with Crippen LogP contribution in [-0.2, 0) is 20.4 Å². The molecule has 1 aromatic carbocycles. The van der Waals surface area contributed by atoms with E-state index >= 15 is 0 Å². The number of amides is 2. The Kier molecular flexibility index (Phi) is 5.65. The van der Waals surface area contributed by atoms with Gasteiger partial charge in [-0.1, -0.05) is 0 Å². The summed E-state index contributed by atoms with van der Waals surface area (Å²) in [6.07, 6.45) is 2.29. The number of sulfone groups is 1. The molecule has 1 N–H and O–H groups in total. The fraction of sp³-hybridized carbons (Fsp3) is 0.368. The predicted molar refractivity (Wildman–Crippen MR) is 101 cm³/mol. The monoisotopic (exact) mass is 390 g/mol. The molecule has 2 aromatic rings. The van der Waals surface area contributed by atoms with Gasteiger partial charge in [-0.25, -0.2) is 8.42 Å². The molecule has 0 aliphatic carbocycles. The molecule has 3 rings (SSSR count). The number of carbonyl (C=O) groups excluding carboxylic acids is 2. The summed E-state index contributed by atoms with van der Waals surface area (Å²) in [6.45, 7) is 2.21. The standard InChI is InChI=1S/C19H22N2O5S/c1-14(22)20-16-6-4-15(5-7-16)19(23)21-10-8-18(9-11-21)27(24,25)13-17-3-2-12-26-17/h2-7,12,18H,8-11,13H2,1H3,(H,20,22). The molecule has 0 saturated carbocycles. The second kappa shape index (κ2) is 7.96. The van der Waals surface area contributed by atoms with Crippen molar-refractivity contribution in [3.63, 3.8) is 0 Å². The molecule has 1 fully saturated rings. The molecule has 0 unspecified atom stereocenters. The summed E-state index contributed by atoms with van der Waals surface area (Å²) in [5.41, 5.74) is 1.14. The summed E-state index contributed by atoms with van der Waals surface area (Å²) < 4.78 is 30.2. The van der Waals surface area contributed by atoms with Crippen molar-refractivity contribution in [2.24, 2.45) is 0 Å². The minimum atomic E-state index is -3.31. The van der Waals surface area contributed by atoms with Gasteiger partial charge in [-0.05, 0) is 49.2 Å². The van der Waals surface area contributed by atoms with Gasteiger partial charge in [0.25, 0.3) is 5.91 Å². The number of hydrogen-bond donors (Lipinski definition) is 1. The van der Waals surface area contributed by atoms with Gasteiger partial charge in [0.1, 0.15) is 11.5 Å². The summed E-state index contributed by atoms with van der Waals surface area (Å²) in [4.78, 5) is 25.3. The van der Waals surface area contributed by atoms with Crippen LogP contribution in [0.5, 0.6) is 0 Å². The van der Waals surface area contributed by atoms with Crippen molar-refractivity contribution in [2.75, 3.05) is 18.4 Å². The van der Waals surface area contributed by atoms with Gasteiger partial charge in [-0.3, -0.25) is 9.59 Å². The molecule has 7 nitrogen and oxygen atoms in total. The molecule has 27 heavy (non-hydrogen) atoms. The van der Waals surface area contributed by atoms with E-state index in [-0.39, 0.29) is 17.6 Å². The van der Waals surface area contributed by atoms with Crippen LogP contribution in [-0.4, -0.2) is 43.5 Å². The van der Waals surface area contributed by atoms with Crippen molar-refractivity contribution in [3.8, 4) is 0 Å². The highest BCUT2D eigenvalue weighted by atomic mass is 32.2. The fourth-order valence-electron chi connectivity index (χ4n) is 3.21. The van der Waals surface area contributed by atoms with Gasteiger partial charge in [0.15, 0.2) is 9.84 Å². The molecule has 0 bridgehead atoms. The van der Waals surface area contributed by atoms with Crippen molar-refractivity contribution in [1.29, 1.82) is 0 Å². The van der Waals surface area contributed by atoms with Crippen molar-refractivity contribution >= 4 is 27.3 Å². The van der Waals surface area contributed by atoms with Gasteiger partial charge < -0.3 is 14.6 Å². The molecule has 1 aromatic heterocycles. The van der Waals surface area contributed by atoms with E-state index in [1.165, 1.54) is 13.2 Å². The topological polar surface area (TPSA) is 96.7 Å². The van der Waals surface area contributed by atoms with Crippen LogP contribution in [0.15, 0.2) is 47.1 Å². The third kappa shape index (κ3) is 4.77. The minimum absolute atomic E-state index is 0.108. The highest BCUT2D eigenvalue weighted by Gasteiger charge is 2.32. The first-order valence-electron chi connectivity index (χ1n) is 8.76. The molecule has 8 heteroatoms. The van der Waals surface area contributed by atoms with Gasteiger partial charge in [0, 0.05) is 31.3 Å². The Morgan fingerprint density at radius 2 is 1.81 bits per heavy atom. The highest BCUT2D eigenvalue weighted by molar-refractivity contribution is 7.91. The molecule has 1 aliphatic rings. The number of nitrogens with one attached hydrogen (secondary N) is 1. The molecule has 0 atom stereocenters. The number of benzene rings is 1. The summed E-state index contributed by atoms with van der Waals surface area (Å²) in [5.74, 6) is 0.0226. The molecule has 0 radical (unpaired) electrons. The second-order valence-corrected chi connectivity index (χ2v) is 8.92. The van der Waals surface area contributed by atoms with Gasteiger partial charge in [0.2, 0.25) is 5.91 Å². The lowest BCUT2D eigenvalue weighted by atomic mass is 10.1. The van der Waals surface area contributed by atoms with E-state index in [4.69, 9.17) is 4.42 Å².